The van der Waals surface area contributed by atoms with Crippen LogP contribution in [0.4, 0.5) is 0 Å². The van der Waals surface area contributed by atoms with E-state index in [0.29, 0.717) is 12.5 Å². The van der Waals surface area contributed by atoms with Crippen molar-refractivity contribution in [1.29, 1.82) is 0 Å². The Morgan fingerprint density at radius 3 is 2.79 bits per heavy atom. The average molecular weight is 232 g/mol. The zero-order chi connectivity index (χ0) is 10.4. The van der Waals surface area contributed by atoms with Gasteiger partial charge in [0.15, 0.2) is 0 Å². The second-order valence-corrected chi connectivity index (χ2v) is 9.29. The van der Waals surface area contributed by atoms with Crippen molar-refractivity contribution in [3.63, 3.8) is 0 Å². The maximum absolute atomic E-state index is 11.6. The van der Waals surface area contributed by atoms with Gasteiger partial charge >= 0.3 is 0 Å². The minimum atomic E-state index is -2.42. The highest BCUT2D eigenvalue weighted by molar-refractivity contribution is 8.56. The van der Waals surface area contributed by atoms with Crippen LogP contribution in [0.3, 0.4) is 0 Å². The Morgan fingerprint density at radius 2 is 2.36 bits per heavy atom. The number of hydrogen-bond acceptors (Lipinski definition) is 4. The Balaban J connectivity index is 2.09. The van der Waals surface area contributed by atoms with E-state index in [2.05, 4.69) is 6.92 Å². The summed E-state index contributed by atoms with van der Waals surface area (Å²) in [6.45, 7) is 1.77. The minimum absolute atomic E-state index is 0.191. The Kier molecular flexibility index (Phi) is 2.80. The van der Waals surface area contributed by atoms with Gasteiger partial charge in [0.05, 0.1) is 6.61 Å². The van der Waals surface area contributed by atoms with Gasteiger partial charge < -0.3 is 9.26 Å². The van der Waals surface area contributed by atoms with Crippen LogP contribution in [0.5, 0.6) is 0 Å². The first-order chi connectivity index (χ1) is 6.44. The van der Waals surface area contributed by atoms with Gasteiger partial charge in [0.1, 0.15) is 13.4 Å². The van der Waals surface area contributed by atoms with Crippen molar-refractivity contribution in [2.45, 2.75) is 24.9 Å². The SMILES string of the molecule is [B][C@H]1C[C@@H](C)[C@]2(COP(C)(=O)SC2)O1. The maximum Gasteiger partial charge on any atom is 0.254 e. The molecule has 0 bridgehead atoms. The third-order valence-corrected chi connectivity index (χ3v) is 6.75. The first kappa shape index (κ1) is 11.1. The van der Waals surface area contributed by atoms with E-state index in [0.717, 1.165) is 12.2 Å². The summed E-state index contributed by atoms with van der Waals surface area (Å²) >= 11 is 1.38. The largest absolute Gasteiger partial charge is 0.378 e. The fraction of sp³-hybridized carbons (Fsp3) is 1.00. The lowest BCUT2D eigenvalue weighted by Crippen LogP contribution is -2.44. The van der Waals surface area contributed by atoms with E-state index in [1.807, 2.05) is 0 Å². The summed E-state index contributed by atoms with van der Waals surface area (Å²) in [5, 5.41) is 0. The Bertz CT molecular complexity index is 274. The van der Waals surface area contributed by atoms with Crippen LogP contribution in [0.2, 0.25) is 0 Å². The molecule has 0 saturated carbocycles. The van der Waals surface area contributed by atoms with Crippen molar-refractivity contribution in [3.8, 4) is 0 Å². The molecule has 2 saturated heterocycles. The monoisotopic (exact) mass is 232 g/mol. The van der Waals surface area contributed by atoms with Gasteiger partial charge in [0.25, 0.3) is 6.57 Å². The highest BCUT2D eigenvalue weighted by Crippen LogP contribution is 2.62. The molecule has 0 aromatic carbocycles. The van der Waals surface area contributed by atoms with Gasteiger partial charge in [0.2, 0.25) is 0 Å². The summed E-state index contributed by atoms with van der Waals surface area (Å²) in [6.07, 6.45) is 0.859. The van der Waals surface area contributed by atoms with Crippen LogP contribution in [0.15, 0.2) is 0 Å². The van der Waals surface area contributed by atoms with Crippen LogP contribution in [-0.2, 0) is 13.8 Å². The Morgan fingerprint density at radius 1 is 1.64 bits per heavy atom. The van der Waals surface area contributed by atoms with Crippen LogP contribution in [0.1, 0.15) is 13.3 Å². The second-order valence-electron chi connectivity index (χ2n) is 4.18. The van der Waals surface area contributed by atoms with Gasteiger partial charge in [-0.3, -0.25) is 4.57 Å². The van der Waals surface area contributed by atoms with Gasteiger partial charge in [0, 0.05) is 18.4 Å². The lowest BCUT2D eigenvalue weighted by atomic mass is 9.87. The van der Waals surface area contributed by atoms with Crippen LogP contribution < -0.4 is 0 Å². The molecule has 2 aliphatic rings. The normalized spacial score (nSPS) is 53.9. The molecule has 2 heterocycles. The van der Waals surface area contributed by atoms with Crippen molar-refractivity contribution in [2.75, 3.05) is 19.0 Å². The van der Waals surface area contributed by atoms with Gasteiger partial charge in [-0.2, -0.15) is 0 Å². The molecule has 0 aliphatic carbocycles. The molecule has 14 heavy (non-hydrogen) atoms. The molecule has 2 rings (SSSR count). The summed E-state index contributed by atoms with van der Waals surface area (Å²) in [7, 11) is 5.74. The molecule has 4 atom stereocenters. The second kappa shape index (κ2) is 3.55. The molecule has 2 aliphatic heterocycles. The molecule has 2 fully saturated rings. The smallest absolute Gasteiger partial charge is 0.254 e. The van der Waals surface area contributed by atoms with Gasteiger partial charge in [-0.05, 0) is 12.3 Å². The summed E-state index contributed by atoms with van der Waals surface area (Å²) in [5.41, 5.74) is -0.298. The fourth-order valence-electron chi connectivity index (χ4n) is 1.91. The van der Waals surface area contributed by atoms with Gasteiger partial charge in [-0.25, -0.2) is 0 Å². The van der Waals surface area contributed by atoms with Crippen molar-refractivity contribution in [3.05, 3.63) is 0 Å². The van der Waals surface area contributed by atoms with Crippen molar-refractivity contribution < 1.29 is 13.8 Å². The molecule has 0 aromatic rings. The Hall–Kier alpha value is 0.565. The van der Waals surface area contributed by atoms with E-state index in [1.165, 1.54) is 11.4 Å². The molecular weight excluding hydrogens is 218 g/mol. The van der Waals surface area contributed by atoms with Crippen molar-refractivity contribution in [2.24, 2.45) is 5.92 Å². The standard InChI is InChI=1S/C8H14BO3PS/c1-6-3-7(9)12-8(6)4-11-13(2,10)14-5-8/h6-7H,3-5H2,1-2H3/t6-,7-,8-,13?/m1/s1. The molecule has 2 radical (unpaired) electrons. The van der Waals surface area contributed by atoms with E-state index in [9.17, 15) is 4.57 Å². The van der Waals surface area contributed by atoms with E-state index < -0.39 is 6.57 Å². The first-order valence-corrected chi connectivity index (χ1v) is 8.40. The van der Waals surface area contributed by atoms with Gasteiger partial charge in [-0.1, -0.05) is 18.3 Å². The first-order valence-electron chi connectivity index (χ1n) is 4.74. The molecule has 0 amide bonds. The molecule has 1 spiro atoms. The fourth-order valence-corrected chi connectivity index (χ4v) is 5.07. The molecule has 3 nitrogen and oxygen atoms in total. The third-order valence-electron chi connectivity index (χ3n) is 2.96. The van der Waals surface area contributed by atoms with Crippen LogP contribution >= 0.6 is 18.0 Å². The highest BCUT2D eigenvalue weighted by atomic mass is 32.7. The molecule has 1 unspecified atom stereocenters. The van der Waals surface area contributed by atoms with E-state index in [-0.39, 0.29) is 11.6 Å². The minimum Gasteiger partial charge on any atom is -0.378 e. The molecule has 0 N–H and O–H groups in total. The van der Waals surface area contributed by atoms with E-state index in [4.69, 9.17) is 17.1 Å². The van der Waals surface area contributed by atoms with Crippen LogP contribution in [0.25, 0.3) is 0 Å². The van der Waals surface area contributed by atoms with Crippen molar-refractivity contribution in [1.82, 2.24) is 0 Å². The molecule has 78 valence electrons. The highest BCUT2D eigenvalue weighted by Gasteiger charge is 2.49. The third kappa shape index (κ3) is 1.92. The molecular formula is C8H14BO3PS. The molecule has 6 heteroatoms. The summed E-state index contributed by atoms with van der Waals surface area (Å²) < 4.78 is 22.7. The lowest BCUT2D eigenvalue weighted by Gasteiger charge is -2.38. The summed E-state index contributed by atoms with van der Waals surface area (Å²) in [4.78, 5) is 0. The van der Waals surface area contributed by atoms with Crippen LogP contribution in [0, 0.1) is 5.92 Å². The molecule has 0 aromatic heterocycles. The predicted octanol–water partition coefficient (Wildman–Crippen LogP) is 1.86. The van der Waals surface area contributed by atoms with E-state index >= 15 is 0 Å². The zero-order valence-corrected chi connectivity index (χ0v) is 10.1. The summed E-state index contributed by atoms with van der Waals surface area (Å²) in [5.74, 6) is 1.11. The van der Waals surface area contributed by atoms with E-state index in [1.54, 1.807) is 6.66 Å². The number of ether oxygens (including phenoxy) is 1. The number of hydrogen-bond donors (Lipinski definition) is 0. The zero-order valence-electron chi connectivity index (χ0n) is 8.43. The van der Waals surface area contributed by atoms with Crippen molar-refractivity contribution >= 4 is 25.8 Å². The number of rotatable bonds is 0. The quantitative estimate of drug-likeness (QED) is 0.471. The van der Waals surface area contributed by atoms with Crippen LogP contribution in [-0.4, -0.2) is 38.5 Å². The summed E-state index contributed by atoms with van der Waals surface area (Å²) in [6, 6.07) is -0.191. The van der Waals surface area contributed by atoms with Gasteiger partial charge in [-0.15, -0.1) is 0 Å². The maximum atomic E-state index is 11.6. The Labute approximate surface area is 89.9 Å². The average Bonchev–Trinajstić information content (AvgIpc) is 2.35. The topological polar surface area (TPSA) is 35.5 Å². The lowest BCUT2D eigenvalue weighted by molar-refractivity contribution is -0.0442. The predicted molar refractivity (Wildman–Crippen MR) is 59.1 cm³/mol.